The first-order valence-corrected chi connectivity index (χ1v) is 11.6. The summed E-state index contributed by atoms with van der Waals surface area (Å²) in [6.07, 6.45) is 2.72. The lowest BCUT2D eigenvalue weighted by molar-refractivity contribution is -0.384. The monoisotopic (exact) mass is 433 g/mol. The summed E-state index contributed by atoms with van der Waals surface area (Å²) in [5, 5.41) is 14.0. The van der Waals surface area contributed by atoms with Gasteiger partial charge in [0.25, 0.3) is 5.69 Å². The summed E-state index contributed by atoms with van der Waals surface area (Å²) in [4.78, 5) is 23.4. The number of hydrogen-bond donors (Lipinski definition) is 1. The Labute approximate surface area is 177 Å². The number of hydrogen-bond acceptors (Lipinski definition) is 5. The maximum Gasteiger partial charge on any atom is 0.271 e. The number of carbonyl (C=O) groups excluding carboxylic acids is 1. The largest absolute Gasteiger partial charge is 0.354 e. The average Bonchev–Trinajstić information content (AvgIpc) is 2.69. The molecule has 0 aliphatic rings. The Morgan fingerprint density at radius 3 is 2.43 bits per heavy atom. The number of nitrogens with one attached hydrogen (secondary N) is 1. The summed E-state index contributed by atoms with van der Waals surface area (Å²) >= 11 is 0. The van der Waals surface area contributed by atoms with Crippen LogP contribution in [-0.4, -0.2) is 38.1 Å². The molecule has 0 unspecified atom stereocenters. The van der Waals surface area contributed by atoms with Crippen molar-refractivity contribution >= 4 is 27.3 Å². The third-order valence-electron chi connectivity index (χ3n) is 4.75. The van der Waals surface area contributed by atoms with Crippen molar-refractivity contribution in [3.63, 3.8) is 0 Å². The number of carbonyl (C=O) groups is 1. The van der Waals surface area contributed by atoms with Crippen LogP contribution in [0.1, 0.15) is 30.9 Å². The fraction of sp³-hybridized carbons (Fsp3) is 0.381. The Morgan fingerprint density at radius 1 is 1.20 bits per heavy atom. The molecule has 9 heteroatoms. The normalized spacial score (nSPS) is 12.2. The maximum atomic E-state index is 12.8. The van der Waals surface area contributed by atoms with Gasteiger partial charge in [0.1, 0.15) is 6.04 Å². The maximum absolute atomic E-state index is 12.8. The molecule has 2 aromatic rings. The smallest absolute Gasteiger partial charge is 0.271 e. The van der Waals surface area contributed by atoms with E-state index in [-0.39, 0.29) is 17.8 Å². The van der Waals surface area contributed by atoms with Gasteiger partial charge >= 0.3 is 0 Å². The van der Waals surface area contributed by atoms with E-state index in [2.05, 4.69) is 5.32 Å². The third-order valence-corrected chi connectivity index (χ3v) is 5.92. The van der Waals surface area contributed by atoms with Crippen LogP contribution in [0, 0.1) is 17.0 Å². The van der Waals surface area contributed by atoms with E-state index in [1.165, 1.54) is 18.2 Å². The fourth-order valence-corrected chi connectivity index (χ4v) is 4.51. The summed E-state index contributed by atoms with van der Waals surface area (Å²) in [6, 6.07) is 12.8. The van der Waals surface area contributed by atoms with Gasteiger partial charge in [0.05, 0.1) is 16.9 Å². The van der Waals surface area contributed by atoms with E-state index < -0.39 is 26.9 Å². The van der Waals surface area contributed by atoms with Crippen molar-refractivity contribution in [2.75, 3.05) is 17.1 Å². The molecule has 0 spiro atoms. The number of non-ortho nitro benzene ring substituents is 1. The van der Waals surface area contributed by atoms with Gasteiger partial charge in [-0.2, -0.15) is 0 Å². The number of nitro groups is 1. The minimum Gasteiger partial charge on any atom is -0.354 e. The van der Waals surface area contributed by atoms with Gasteiger partial charge in [-0.1, -0.05) is 43.3 Å². The summed E-state index contributed by atoms with van der Waals surface area (Å²) in [5.74, 6) is -0.429. The molecule has 1 atom stereocenters. The van der Waals surface area contributed by atoms with Crippen molar-refractivity contribution in [1.82, 2.24) is 5.32 Å². The molecule has 0 saturated carbocycles. The predicted octanol–water partition coefficient (Wildman–Crippen LogP) is 3.20. The summed E-state index contributed by atoms with van der Waals surface area (Å²) in [5.41, 5.74) is 1.59. The lowest BCUT2D eigenvalue weighted by atomic mass is 10.1. The number of nitro benzene ring substituents is 1. The minimum atomic E-state index is -3.86. The minimum absolute atomic E-state index is 0.137. The number of rotatable bonds is 10. The van der Waals surface area contributed by atoms with Crippen molar-refractivity contribution in [3.05, 3.63) is 69.8 Å². The molecule has 8 nitrogen and oxygen atoms in total. The van der Waals surface area contributed by atoms with Gasteiger partial charge in [0, 0.05) is 18.7 Å². The van der Waals surface area contributed by atoms with Crippen molar-refractivity contribution in [1.29, 1.82) is 0 Å². The van der Waals surface area contributed by atoms with Crippen LogP contribution in [0.4, 0.5) is 11.4 Å². The number of sulfonamides is 1. The number of amides is 1. The standard InChI is InChI=1S/C21H27N3O5S/c1-4-19(21(25)22-14-8-11-17-9-6-5-7-10-17)23(30(3,28)29)20-15-18(24(26)27)13-12-16(20)2/h5-7,9-10,12-13,15,19H,4,8,11,14H2,1-3H3,(H,22,25)/t19-/m0/s1. The molecule has 30 heavy (non-hydrogen) atoms. The van der Waals surface area contributed by atoms with E-state index in [9.17, 15) is 23.3 Å². The van der Waals surface area contributed by atoms with E-state index in [1.54, 1.807) is 13.8 Å². The highest BCUT2D eigenvalue weighted by atomic mass is 32.2. The molecule has 0 saturated heterocycles. The zero-order chi connectivity index (χ0) is 22.3. The van der Waals surface area contributed by atoms with Crippen molar-refractivity contribution in [3.8, 4) is 0 Å². The Morgan fingerprint density at radius 2 is 1.87 bits per heavy atom. The second-order valence-corrected chi connectivity index (χ2v) is 8.95. The first kappa shape index (κ1) is 23.3. The van der Waals surface area contributed by atoms with E-state index in [4.69, 9.17) is 0 Å². The fourth-order valence-electron chi connectivity index (χ4n) is 3.25. The number of benzene rings is 2. The van der Waals surface area contributed by atoms with Crippen LogP contribution in [0.25, 0.3) is 0 Å². The highest BCUT2D eigenvalue weighted by molar-refractivity contribution is 7.92. The van der Waals surface area contributed by atoms with Gasteiger partial charge in [0.2, 0.25) is 15.9 Å². The summed E-state index contributed by atoms with van der Waals surface area (Å²) < 4.78 is 26.1. The van der Waals surface area contributed by atoms with Crippen LogP contribution >= 0.6 is 0 Å². The second-order valence-electron chi connectivity index (χ2n) is 7.09. The predicted molar refractivity (Wildman–Crippen MR) is 117 cm³/mol. The molecule has 0 heterocycles. The lowest BCUT2D eigenvalue weighted by Crippen LogP contribution is -2.49. The van der Waals surface area contributed by atoms with Crippen molar-refractivity contribution in [2.24, 2.45) is 0 Å². The number of aryl methyl sites for hydroxylation is 2. The van der Waals surface area contributed by atoms with Crippen LogP contribution in [-0.2, 0) is 21.2 Å². The summed E-state index contributed by atoms with van der Waals surface area (Å²) in [7, 11) is -3.86. The van der Waals surface area contributed by atoms with Gasteiger partial charge in [-0.25, -0.2) is 8.42 Å². The molecule has 1 amide bonds. The van der Waals surface area contributed by atoms with Crippen LogP contribution in [0.2, 0.25) is 0 Å². The van der Waals surface area contributed by atoms with Crippen molar-refractivity contribution < 1.29 is 18.1 Å². The zero-order valence-electron chi connectivity index (χ0n) is 17.4. The molecule has 0 aliphatic heterocycles. The molecule has 0 bridgehead atoms. The quantitative estimate of drug-likeness (QED) is 0.351. The van der Waals surface area contributed by atoms with Gasteiger partial charge < -0.3 is 5.32 Å². The summed E-state index contributed by atoms with van der Waals surface area (Å²) in [6.45, 7) is 3.76. The van der Waals surface area contributed by atoms with Crippen LogP contribution < -0.4 is 9.62 Å². The molecule has 2 aromatic carbocycles. The third kappa shape index (κ3) is 6.03. The Hall–Kier alpha value is -2.94. The highest BCUT2D eigenvalue weighted by Crippen LogP contribution is 2.30. The van der Waals surface area contributed by atoms with Gasteiger partial charge in [-0.15, -0.1) is 0 Å². The van der Waals surface area contributed by atoms with Crippen LogP contribution in [0.3, 0.4) is 0 Å². The molecule has 162 valence electrons. The van der Waals surface area contributed by atoms with E-state index in [0.717, 1.165) is 22.5 Å². The first-order chi connectivity index (χ1) is 14.1. The Balaban J connectivity index is 2.19. The van der Waals surface area contributed by atoms with Gasteiger partial charge in [-0.3, -0.25) is 19.2 Å². The van der Waals surface area contributed by atoms with E-state index in [0.29, 0.717) is 18.5 Å². The van der Waals surface area contributed by atoms with Gasteiger partial charge in [0.15, 0.2) is 0 Å². The first-order valence-electron chi connectivity index (χ1n) is 9.71. The molecule has 0 fully saturated rings. The van der Waals surface area contributed by atoms with Crippen LogP contribution in [0.5, 0.6) is 0 Å². The second kappa shape index (κ2) is 10.2. The molecule has 0 aliphatic carbocycles. The molecular formula is C21H27N3O5S. The topological polar surface area (TPSA) is 110 Å². The highest BCUT2D eigenvalue weighted by Gasteiger charge is 2.33. The van der Waals surface area contributed by atoms with Crippen molar-refractivity contribution in [2.45, 2.75) is 39.2 Å². The molecular weight excluding hydrogens is 406 g/mol. The number of nitrogens with zero attached hydrogens (tertiary/aromatic N) is 2. The Bertz CT molecular complexity index is 993. The molecule has 0 radical (unpaired) electrons. The molecule has 1 N–H and O–H groups in total. The van der Waals surface area contributed by atoms with E-state index in [1.807, 2.05) is 30.3 Å². The van der Waals surface area contributed by atoms with Gasteiger partial charge in [-0.05, 0) is 37.3 Å². The zero-order valence-corrected chi connectivity index (χ0v) is 18.2. The van der Waals surface area contributed by atoms with E-state index >= 15 is 0 Å². The van der Waals surface area contributed by atoms with Crippen LogP contribution in [0.15, 0.2) is 48.5 Å². The number of anilines is 1. The lowest BCUT2D eigenvalue weighted by Gasteiger charge is -2.31. The SMILES string of the molecule is CC[C@@H](C(=O)NCCCc1ccccc1)N(c1cc([N+](=O)[O-])ccc1C)S(C)(=O)=O. The Kier molecular flexibility index (Phi) is 7.93. The molecule has 2 rings (SSSR count). The molecule has 0 aromatic heterocycles. The average molecular weight is 434 g/mol.